The van der Waals surface area contributed by atoms with E-state index in [1.807, 2.05) is 0 Å². The molecule has 0 aromatic heterocycles. The molecule has 0 saturated carbocycles. The molecule has 7 heteroatoms. The van der Waals surface area contributed by atoms with Gasteiger partial charge >= 0.3 is 0 Å². The molecule has 3 aromatic rings. The van der Waals surface area contributed by atoms with Crippen LogP contribution in [0.3, 0.4) is 0 Å². The fraction of sp³-hybridized carbons (Fsp3) is 0.0833. The van der Waals surface area contributed by atoms with Crippen LogP contribution in [0.1, 0.15) is 11.1 Å². The minimum atomic E-state index is -0.465. The lowest BCUT2D eigenvalue weighted by atomic mass is 10.1. The van der Waals surface area contributed by atoms with Gasteiger partial charge in [0.2, 0.25) is 0 Å². The van der Waals surface area contributed by atoms with E-state index >= 15 is 0 Å². The van der Waals surface area contributed by atoms with Crippen LogP contribution >= 0.6 is 23.4 Å². The lowest BCUT2D eigenvalue weighted by Crippen LogP contribution is -2.31. The zero-order chi connectivity index (χ0) is 22.0. The van der Waals surface area contributed by atoms with Crippen LogP contribution in [0.25, 0.3) is 5.57 Å². The number of nitrogens with zero attached hydrogens (tertiary/aromatic N) is 1. The van der Waals surface area contributed by atoms with Crippen molar-refractivity contribution in [2.24, 2.45) is 0 Å². The Labute approximate surface area is 188 Å². The lowest BCUT2D eigenvalue weighted by Gasteiger charge is -2.15. The van der Waals surface area contributed by atoms with E-state index in [0.29, 0.717) is 16.3 Å². The van der Waals surface area contributed by atoms with Gasteiger partial charge in [-0.05, 0) is 48.0 Å². The Balaban J connectivity index is 1.74. The van der Waals surface area contributed by atoms with Gasteiger partial charge in [0.05, 0.1) is 24.1 Å². The van der Waals surface area contributed by atoms with Gasteiger partial charge < -0.3 is 4.74 Å². The summed E-state index contributed by atoms with van der Waals surface area (Å²) < 4.78 is 19.4. The first-order chi connectivity index (χ1) is 15.0. The molecule has 0 fully saturated rings. The Bertz CT molecular complexity index is 1180. The summed E-state index contributed by atoms with van der Waals surface area (Å²) in [5.74, 6) is -0.752. The van der Waals surface area contributed by atoms with Crippen LogP contribution < -0.4 is 4.74 Å². The van der Waals surface area contributed by atoms with Crippen molar-refractivity contribution in [3.8, 4) is 5.75 Å². The molecular weight excluding hydrogens is 437 g/mol. The minimum absolute atomic E-state index is 0.144. The van der Waals surface area contributed by atoms with Crippen molar-refractivity contribution in [3.05, 3.63) is 99.7 Å². The number of halogens is 2. The van der Waals surface area contributed by atoms with Gasteiger partial charge in [-0.3, -0.25) is 14.5 Å². The first kappa shape index (κ1) is 21.2. The monoisotopic (exact) mass is 453 g/mol. The first-order valence-electron chi connectivity index (χ1n) is 9.39. The quantitative estimate of drug-likeness (QED) is 0.458. The summed E-state index contributed by atoms with van der Waals surface area (Å²) in [6, 6.07) is 20.0. The van der Waals surface area contributed by atoms with Crippen LogP contribution in [0.4, 0.5) is 4.39 Å². The molecule has 1 heterocycles. The number of thioether (sulfide) groups is 1. The largest absolute Gasteiger partial charge is 0.497 e. The Morgan fingerprint density at radius 1 is 0.935 bits per heavy atom. The highest BCUT2D eigenvalue weighted by molar-refractivity contribution is 8.04. The third-order valence-electron chi connectivity index (χ3n) is 4.82. The highest BCUT2D eigenvalue weighted by Crippen LogP contribution is 2.40. The minimum Gasteiger partial charge on any atom is -0.497 e. The van der Waals surface area contributed by atoms with Gasteiger partial charge in [-0.1, -0.05) is 53.7 Å². The van der Waals surface area contributed by atoms with Crippen LogP contribution in [0, 0.1) is 5.82 Å². The smallest absolute Gasteiger partial charge is 0.268 e. The average molecular weight is 454 g/mol. The number of methoxy groups -OCH3 is 1. The molecule has 0 bridgehead atoms. The standard InChI is InChI=1S/C24H17ClFNO3S/c1-30-18-10-6-15(7-11-18)21-22(31-19-12-8-17(25)9-13-19)24(29)27(23(21)28)14-16-4-2-3-5-20(16)26/h2-13H,14H2,1H3. The van der Waals surface area contributed by atoms with Crippen molar-refractivity contribution in [2.45, 2.75) is 11.4 Å². The highest BCUT2D eigenvalue weighted by atomic mass is 35.5. The summed E-state index contributed by atoms with van der Waals surface area (Å²) in [6.45, 7) is -0.144. The molecule has 31 heavy (non-hydrogen) atoms. The predicted octanol–water partition coefficient (Wildman–Crippen LogP) is 5.56. The van der Waals surface area contributed by atoms with Crippen LogP contribution in [-0.2, 0) is 16.1 Å². The topological polar surface area (TPSA) is 46.6 Å². The van der Waals surface area contributed by atoms with Gasteiger partial charge in [0.15, 0.2) is 0 Å². The summed E-state index contributed by atoms with van der Waals surface area (Å²) in [5, 5.41) is 0.573. The third kappa shape index (κ3) is 4.36. The molecule has 4 nitrogen and oxygen atoms in total. The molecular formula is C24H17ClFNO3S. The van der Waals surface area contributed by atoms with Gasteiger partial charge in [0, 0.05) is 15.5 Å². The summed E-state index contributed by atoms with van der Waals surface area (Å²) in [5.41, 5.74) is 1.15. The Morgan fingerprint density at radius 3 is 2.26 bits per heavy atom. The van der Waals surface area contributed by atoms with E-state index in [2.05, 4.69) is 0 Å². The van der Waals surface area contributed by atoms with E-state index in [0.717, 1.165) is 9.80 Å². The van der Waals surface area contributed by atoms with Crippen molar-refractivity contribution < 1.29 is 18.7 Å². The molecule has 0 N–H and O–H groups in total. The zero-order valence-corrected chi connectivity index (χ0v) is 18.0. The number of hydrogen-bond donors (Lipinski definition) is 0. The van der Waals surface area contributed by atoms with Crippen LogP contribution in [-0.4, -0.2) is 23.8 Å². The van der Waals surface area contributed by atoms with Crippen LogP contribution in [0.5, 0.6) is 5.75 Å². The summed E-state index contributed by atoms with van der Waals surface area (Å²) in [7, 11) is 1.55. The van der Waals surface area contributed by atoms with E-state index in [9.17, 15) is 14.0 Å². The zero-order valence-electron chi connectivity index (χ0n) is 16.5. The van der Waals surface area contributed by atoms with Crippen LogP contribution in [0.2, 0.25) is 5.02 Å². The molecule has 156 valence electrons. The van der Waals surface area contributed by atoms with E-state index in [1.54, 1.807) is 73.8 Å². The molecule has 4 rings (SSSR count). The maximum absolute atomic E-state index is 14.2. The Kier molecular flexibility index (Phi) is 6.11. The second kappa shape index (κ2) is 8.96. The summed E-state index contributed by atoms with van der Waals surface area (Å²) >= 11 is 7.15. The first-order valence-corrected chi connectivity index (χ1v) is 10.6. The van der Waals surface area contributed by atoms with Gasteiger partial charge in [0.1, 0.15) is 11.6 Å². The number of hydrogen-bond acceptors (Lipinski definition) is 4. The number of imide groups is 1. The summed E-state index contributed by atoms with van der Waals surface area (Å²) in [6.07, 6.45) is 0. The predicted molar refractivity (Wildman–Crippen MR) is 119 cm³/mol. The fourth-order valence-corrected chi connectivity index (χ4v) is 4.36. The lowest BCUT2D eigenvalue weighted by molar-refractivity contribution is -0.137. The van der Waals surface area contributed by atoms with Crippen molar-refractivity contribution >= 4 is 40.8 Å². The van der Waals surface area contributed by atoms with E-state index in [-0.39, 0.29) is 22.6 Å². The number of benzene rings is 3. The number of carbonyl (C=O) groups excluding carboxylic acids is 2. The molecule has 0 unspecified atom stereocenters. The average Bonchev–Trinajstić information content (AvgIpc) is 3.01. The van der Waals surface area contributed by atoms with E-state index < -0.39 is 17.6 Å². The molecule has 2 amide bonds. The molecule has 1 aliphatic heterocycles. The number of amides is 2. The van der Waals surface area contributed by atoms with Gasteiger partial charge in [-0.15, -0.1) is 0 Å². The van der Waals surface area contributed by atoms with Gasteiger partial charge in [-0.25, -0.2) is 4.39 Å². The van der Waals surface area contributed by atoms with E-state index in [1.165, 1.54) is 17.8 Å². The Morgan fingerprint density at radius 2 is 1.61 bits per heavy atom. The molecule has 0 radical (unpaired) electrons. The van der Waals surface area contributed by atoms with Crippen LogP contribution in [0.15, 0.2) is 82.6 Å². The number of ether oxygens (including phenoxy) is 1. The molecule has 0 saturated heterocycles. The van der Waals surface area contributed by atoms with Gasteiger partial charge in [0.25, 0.3) is 11.8 Å². The number of rotatable bonds is 6. The van der Waals surface area contributed by atoms with Gasteiger partial charge in [-0.2, -0.15) is 0 Å². The maximum Gasteiger partial charge on any atom is 0.268 e. The molecule has 3 aromatic carbocycles. The fourth-order valence-electron chi connectivity index (χ4n) is 3.22. The number of carbonyl (C=O) groups is 2. The van der Waals surface area contributed by atoms with E-state index in [4.69, 9.17) is 16.3 Å². The normalized spacial score (nSPS) is 13.8. The van der Waals surface area contributed by atoms with Crippen molar-refractivity contribution in [1.82, 2.24) is 4.90 Å². The SMILES string of the molecule is COc1ccc(C2=C(Sc3ccc(Cl)cc3)C(=O)N(Cc3ccccc3F)C2=O)cc1. The summed E-state index contributed by atoms with van der Waals surface area (Å²) in [4.78, 5) is 28.7. The molecule has 0 atom stereocenters. The maximum atomic E-state index is 14.2. The van der Waals surface area contributed by atoms with Crippen molar-refractivity contribution in [1.29, 1.82) is 0 Å². The third-order valence-corrected chi connectivity index (χ3v) is 6.17. The molecule has 1 aliphatic rings. The second-order valence-electron chi connectivity index (χ2n) is 6.78. The highest BCUT2D eigenvalue weighted by Gasteiger charge is 2.39. The second-order valence-corrected chi connectivity index (χ2v) is 8.30. The van der Waals surface area contributed by atoms with Crippen molar-refractivity contribution in [2.75, 3.05) is 7.11 Å². The molecule has 0 aliphatic carbocycles. The Hall–Kier alpha value is -3.09. The van der Waals surface area contributed by atoms with Crippen molar-refractivity contribution in [3.63, 3.8) is 0 Å². The molecule has 0 spiro atoms.